The van der Waals surface area contributed by atoms with Gasteiger partial charge in [-0.2, -0.15) is 4.98 Å². The second-order valence-corrected chi connectivity index (χ2v) is 4.81. The standard InChI is InChI=1S/C13H11N5S/c14-9-3-1-4-10(7-9)17-13-16-8-15-12(18-13)11-5-2-6-19-11/h1-8H,14H2,(H,15,16,17,18). The summed E-state index contributed by atoms with van der Waals surface area (Å²) in [4.78, 5) is 13.7. The average molecular weight is 269 g/mol. The van der Waals surface area contributed by atoms with E-state index in [0.29, 0.717) is 17.5 Å². The quantitative estimate of drug-likeness (QED) is 0.715. The van der Waals surface area contributed by atoms with Crippen LogP contribution in [0.3, 0.4) is 0 Å². The molecule has 0 amide bonds. The summed E-state index contributed by atoms with van der Waals surface area (Å²) < 4.78 is 0. The SMILES string of the molecule is Nc1cccc(Nc2ncnc(-c3cccs3)n2)c1. The molecule has 0 spiro atoms. The number of aromatic nitrogens is 3. The number of nitrogens with zero attached hydrogens (tertiary/aromatic N) is 3. The molecule has 0 saturated carbocycles. The molecule has 1 aromatic carbocycles. The van der Waals surface area contributed by atoms with Gasteiger partial charge in [-0.1, -0.05) is 12.1 Å². The number of rotatable bonds is 3. The van der Waals surface area contributed by atoms with E-state index in [0.717, 1.165) is 10.6 Å². The van der Waals surface area contributed by atoms with Crippen molar-refractivity contribution in [3.8, 4) is 10.7 Å². The topological polar surface area (TPSA) is 76.7 Å². The molecule has 0 unspecified atom stereocenters. The third kappa shape index (κ3) is 2.69. The van der Waals surface area contributed by atoms with Crippen LogP contribution < -0.4 is 11.1 Å². The third-order valence-electron chi connectivity index (χ3n) is 2.46. The van der Waals surface area contributed by atoms with Gasteiger partial charge in [-0.25, -0.2) is 9.97 Å². The lowest BCUT2D eigenvalue weighted by molar-refractivity contribution is 1.07. The first-order chi connectivity index (χ1) is 9.31. The number of nitrogens with one attached hydrogen (secondary N) is 1. The van der Waals surface area contributed by atoms with Crippen molar-refractivity contribution in [1.29, 1.82) is 0 Å². The molecule has 0 aliphatic rings. The Bertz CT molecular complexity index is 681. The fourth-order valence-electron chi connectivity index (χ4n) is 1.63. The highest BCUT2D eigenvalue weighted by Gasteiger charge is 2.04. The third-order valence-corrected chi connectivity index (χ3v) is 3.32. The first-order valence-corrected chi connectivity index (χ1v) is 6.55. The number of nitrogen functional groups attached to an aromatic ring is 1. The second kappa shape index (κ2) is 5.03. The van der Waals surface area contributed by atoms with Gasteiger partial charge in [0.2, 0.25) is 5.95 Å². The maximum absolute atomic E-state index is 5.73. The minimum Gasteiger partial charge on any atom is -0.399 e. The summed E-state index contributed by atoms with van der Waals surface area (Å²) >= 11 is 1.59. The van der Waals surface area contributed by atoms with Gasteiger partial charge in [-0.3, -0.25) is 0 Å². The first-order valence-electron chi connectivity index (χ1n) is 5.67. The summed E-state index contributed by atoms with van der Waals surface area (Å²) in [7, 11) is 0. The number of hydrogen-bond donors (Lipinski definition) is 2. The van der Waals surface area contributed by atoms with Crippen molar-refractivity contribution in [2.75, 3.05) is 11.1 Å². The van der Waals surface area contributed by atoms with Gasteiger partial charge in [-0.15, -0.1) is 11.3 Å². The van der Waals surface area contributed by atoms with Crippen LogP contribution in [0.25, 0.3) is 10.7 Å². The highest BCUT2D eigenvalue weighted by molar-refractivity contribution is 7.13. The van der Waals surface area contributed by atoms with E-state index in [4.69, 9.17) is 5.73 Å². The number of hydrogen-bond acceptors (Lipinski definition) is 6. The molecule has 94 valence electrons. The molecule has 6 heteroatoms. The van der Waals surface area contributed by atoms with Gasteiger partial charge in [0.15, 0.2) is 5.82 Å². The molecule has 0 aliphatic carbocycles. The van der Waals surface area contributed by atoms with E-state index in [-0.39, 0.29) is 0 Å². The molecule has 2 aromatic heterocycles. The van der Waals surface area contributed by atoms with Gasteiger partial charge in [-0.05, 0) is 29.6 Å². The van der Waals surface area contributed by atoms with Gasteiger partial charge in [0.1, 0.15) is 6.33 Å². The predicted molar refractivity (Wildman–Crippen MR) is 77.3 cm³/mol. The van der Waals surface area contributed by atoms with Crippen LogP contribution in [-0.4, -0.2) is 15.0 Å². The summed E-state index contributed by atoms with van der Waals surface area (Å²) in [5.74, 6) is 1.17. The lowest BCUT2D eigenvalue weighted by Crippen LogP contribution is -1.99. The molecule has 3 rings (SSSR count). The van der Waals surface area contributed by atoms with Gasteiger partial charge in [0.25, 0.3) is 0 Å². The highest BCUT2D eigenvalue weighted by atomic mass is 32.1. The van der Waals surface area contributed by atoms with Gasteiger partial charge in [0.05, 0.1) is 4.88 Å². The van der Waals surface area contributed by atoms with E-state index >= 15 is 0 Å². The van der Waals surface area contributed by atoms with E-state index < -0.39 is 0 Å². The predicted octanol–water partition coefficient (Wildman–Crippen LogP) is 2.93. The monoisotopic (exact) mass is 269 g/mol. The fourth-order valence-corrected chi connectivity index (χ4v) is 2.29. The second-order valence-electron chi connectivity index (χ2n) is 3.86. The molecular formula is C13H11N5S. The van der Waals surface area contributed by atoms with Crippen LogP contribution in [0.15, 0.2) is 48.1 Å². The van der Waals surface area contributed by atoms with Crippen LogP contribution in [0, 0.1) is 0 Å². The van der Waals surface area contributed by atoms with Crippen LogP contribution in [-0.2, 0) is 0 Å². The van der Waals surface area contributed by atoms with Gasteiger partial charge < -0.3 is 11.1 Å². The molecule has 3 aromatic rings. The summed E-state index contributed by atoms with van der Waals surface area (Å²) in [6, 6.07) is 11.4. The molecule has 3 N–H and O–H groups in total. The molecule has 19 heavy (non-hydrogen) atoms. The van der Waals surface area contributed by atoms with Crippen LogP contribution >= 0.6 is 11.3 Å². The Morgan fingerprint density at radius 3 is 2.84 bits per heavy atom. The average Bonchev–Trinajstić information content (AvgIpc) is 2.93. The fraction of sp³-hybridized carbons (Fsp3) is 0. The highest BCUT2D eigenvalue weighted by Crippen LogP contribution is 2.22. The maximum atomic E-state index is 5.73. The number of thiophene rings is 1. The van der Waals surface area contributed by atoms with E-state index in [9.17, 15) is 0 Å². The first kappa shape index (κ1) is 11.6. The molecule has 0 fully saturated rings. The van der Waals surface area contributed by atoms with Crippen molar-refractivity contribution in [3.63, 3.8) is 0 Å². The number of nitrogens with two attached hydrogens (primary N) is 1. The molecule has 0 aliphatic heterocycles. The summed E-state index contributed by atoms with van der Waals surface area (Å²) in [5, 5.41) is 5.10. The Morgan fingerprint density at radius 1 is 1.11 bits per heavy atom. The van der Waals surface area contributed by atoms with E-state index in [1.807, 2.05) is 41.8 Å². The van der Waals surface area contributed by atoms with Crippen molar-refractivity contribution in [2.45, 2.75) is 0 Å². The smallest absolute Gasteiger partial charge is 0.230 e. The maximum Gasteiger partial charge on any atom is 0.230 e. The van der Waals surface area contributed by atoms with Gasteiger partial charge >= 0.3 is 0 Å². The van der Waals surface area contributed by atoms with Crippen molar-refractivity contribution in [2.24, 2.45) is 0 Å². The Balaban J connectivity index is 1.88. The Morgan fingerprint density at radius 2 is 2.05 bits per heavy atom. The molecular weight excluding hydrogens is 258 g/mol. The number of benzene rings is 1. The minimum absolute atomic E-state index is 0.504. The van der Waals surface area contributed by atoms with E-state index in [1.54, 1.807) is 11.3 Å². The van der Waals surface area contributed by atoms with Crippen molar-refractivity contribution in [3.05, 3.63) is 48.1 Å². The zero-order valence-electron chi connectivity index (χ0n) is 9.95. The van der Waals surface area contributed by atoms with Crippen molar-refractivity contribution >= 4 is 28.7 Å². The van der Waals surface area contributed by atoms with Crippen molar-refractivity contribution < 1.29 is 0 Å². The molecule has 0 saturated heterocycles. The number of anilines is 3. The van der Waals surface area contributed by atoms with Crippen LogP contribution in [0.2, 0.25) is 0 Å². The molecule has 5 nitrogen and oxygen atoms in total. The van der Waals surface area contributed by atoms with Crippen LogP contribution in [0.1, 0.15) is 0 Å². The lowest BCUT2D eigenvalue weighted by atomic mass is 10.3. The molecule has 2 heterocycles. The molecule has 0 radical (unpaired) electrons. The Kier molecular flexibility index (Phi) is 3.07. The van der Waals surface area contributed by atoms with Gasteiger partial charge in [0, 0.05) is 11.4 Å². The summed E-state index contributed by atoms with van der Waals surface area (Å²) in [6.07, 6.45) is 1.50. The Hall–Kier alpha value is -2.47. The van der Waals surface area contributed by atoms with E-state index in [1.165, 1.54) is 6.33 Å². The molecule has 0 atom stereocenters. The van der Waals surface area contributed by atoms with E-state index in [2.05, 4.69) is 20.3 Å². The minimum atomic E-state index is 0.504. The van der Waals surface area contributed by atoms with Crippen LogP contribution in [0.5, 0.6) is 0 Å². The van der Waals surface area contributed by atoms with Crippen LogP contribution in [0.4, 0.5) is 17.3 Å². The zero-order chi connectivity index (χ0) is 13.1. The summed E-state index contributed by atoms with van der Waals surface area (Å²) in [5.41, 5.74) is 7.27. The molecule has 0 bridgehead atoms. The normalized spacial score (nSPS) is 10.3. The zero-order valence-corrected chi connectivity index (χ0v) is 10.8. The Labute approximate surface area is 114 Å². The lowest BCUT2D eigenvalue weighted by Gasteiger charge is -2.05. The van der Waals surface area contributed by atoms with Crippen molar-refractivity contribution in [1.82, 2.24) is 15.0 Å². The largest absolute Gasteiger partial charge is 0.399 e. The summed E-state index contributed by atoms with van der Waals surface area (Å²) in [6.45, 7) is 0.